The lowest BCUT2D eigenvalue weighted by atomic mass is 10.2. The van der Waals surface area contributed by atoms with Gasteiger partial charge in [-0.3, -0.25) is 0 Å². The minimum Gasteiger partial charge on any atom is -0.363 e. The number of hydrogen-bond acceptors (Lipinski definition) is 4. The summed E-state index contributed by atoms with van der Waals surface area (Å²) in [6.07, 6.45) is 3.29. The molecule has 0 saturated heterocycles. The highest BCUT2D eigenvalue weighted by Gasteiger charge is 2.19. The van der Waals surface area contributed by atoms with Crippen LogP contribution < -0.4 is 10.2 Å². The maximum Gasteiger partial charge on any atom is 0.157 e. The maximum atomic E-state index is 12.8. The van der Waals surface area contributed by atoms with E-state index < -0.39 is 0 Å². The Balaban J connectivity index is 1.81. The van der Waals surface area contributed by atoms with Crippen molar-refractivity contribution in [2.24, 2.45) is 0 Å². The molecule has 5 heteroatoms. The number of anilines is 2. The topological polar surface area (TPSA) is 41.0 Å². The molecule has 0 aliphatic carbocycles. The van der Waals surface area contributed by atoms with Gasteiger partial charge < -0.3 is 10.2 Å². The highest BCUT2D eigenvalue weighted by atomic mass is 19.1. The monoisotopic (exact) mass is 230 g/mol. The minimum absolute atomic E-state index is 0.212. The van der Waals surface area contributed by atoms with Gasteiger partial charge in [-0.15, -0.1) is 0 Å². The third kappa shape index (κ3) is 1.91. The van der Waals surface area contributed by atoms with Crippen molar-refractivity contribution < 1.29 is 4.39 Å². The number of halogens is 1. The highest BCUT2D eigenvalue weighted by molar-refractivity contribution is 5.69. The van der Waals surface area contributed by atoms with E-state index in [4.69, 9.17) is 0 Å². The standard InChI is InChI=1S/C12H11FN4/c13-10-3-1-9(2-4-10)6-17-8-16-11-5-14-7-15-12(11)17/h1-5,7,16H,6,8H2. The Labute approximate surface area is 98.1 Å². The molecule has 2 heterocycles. The van der Waals surface area contributed by atoms with Crippen LogP contribution in [-0.2, 0) is 6.54 Å². The molecule has 0 bridgehead atoms. The van der Waals surface area contributed by atoms with Gasteiger partial charge in [-0.2, -0.15) is 0 Å². The Bertz CT molecular complexity index is 526. The van der Waals surface area contributed by atoms with Crippen molar-refractivity contribution in [2.75, 3.05) is 16.9 Å². The van der Waals surface area contributed by atoms with Crippen LogP contribution in [0.1, 0.15) is 5.56 Å². The van der Waals surface area contributed by atoms with Crippen LogP contribution in [0.15, 0.2) is 36.8 Å². The van der Waals surface area contributed by atoms with E-state index in [1.54, 1.807) is 18.3 Å². The Morgan fingerprint density at radius 1 is 1.29 bits per heavy atom. The van der Waals surface area contributed by atoms with Crippen LogP contribution in [0.4, 0.5) is 15.9 Å². The van der Waals surface area contributed by atoms with Crippen molar-refractivity contribution >= 4 is 11.5 Å². The Morgan fingerprint density at radius 3 is 2.94 bits per heavy atom. The molecule has 3 rings (SSSR count). The number of rotatable bonds is 2. The molecule has 0 spiro atoms. The van der Waals surface area contributed by atoms with Crippen molar-refractivity contribution in [3.8, 4) is 0 Å². The molecule has 0 saturated carbocycles. The fourth-order valence-electron chi connectivity index (χ4n) is 1.90. The lowest BCUT2D eigenvalue weighted by Crippen LogP contribution is -2.22. The fourth-order valence-corrected chi connectivity index (χ4v) is 1.90. The molecule has 1 aromatic carbocycles. The second-order valence-electron chi connectivity index (χ2n) is 3.92. The summed E-state index contributed by atoms with van der Waals surface area (Å²) in [7, 11) is 0. The molecule has 0 fully saturated rings. The van der Waals surface area contributed by atoms with Crippen LogP contribution in [0.5, 0.6) is 0 Å². The maximum absolute atomic E-state index is 12.8. The summed E-state index contributed by atoms with van der Waals surface area (Å²) < 4.78 is 12.8. The average molecular weight is 230 g/mol. The molecule has 1 aromatic heterocycles. The van der Waals surface area contributed by atoms with Gasteiger partial charge in [-0.25, -0.2) is 14.4 Å². The summed E-state index contributed by atoms with van der Waals surface area (Å²) in [5.41, 5.74) is 1.99. The largest absolute Gasteiger partial charge is 0.363 e. The molecule has 0 unspecified atom stereocenters. The number of aromatic nitrogens is 2. The quantitative estimate of drug-likeness (QED) is 0.856. The molecule has 17 heavy (non-hydrogen) atoms. The van der Waals surface area contributed by atoms with Gasteiger partial charge in [0.25, 0.3) is 0 Å². The normalized spacial score (nSPS) is 13.4. The lowest BCUT2D eigenvalue weighted by Gasteiger charge is -2.16. The van der Waals surface area contributed by atoms with E-state index in [2.05, 4.69) is 20.2 Å². The van der Waals surface area contributed by atoms with Crippen LogP contribution in [0.3, 0.4) is 0 Å². The van der Waals surface area contributed by atoms with E-state index in [1.807, 2.05) is 0 Å². The fraction of sp³-hybridized carbons (Fsp3) is 0.167. The molecule has 1 aliphatic rings. The molecule has 0 radical (unpaired) electrons. The summed E-state index contributed by atoms with van der Waals surface area (Å²) in [6.45, 7) is 1.41. The molecule has 4 nitrogen and oxygen atoms in total. The molecule has 0 atom stereocenters. The highest BCUT2D eigenvalue weighted by Crippen LogP contribution is 2.28. The van der Waals surface area contributed by atoms with Crippen LogP contribution in [0.2, 0.25) is 0 Å². The zero-order chi connectivity index (χ0) is 11.7. The summed E-state index contributed by atoms with van der Waals surface area (Å²) in [5, 5.41) is 3.21. The molecular formula is C12H11FN4. The SMILES string of the molecule is Fc1ccc(CN2CNc3cncnc32)cc1. The van der Waals surface area contributed by atoms with Gasteiger partial charge in [0.05, 0.1) is 18.6 Å². The second kappa shape index (κ2) is 4.01. The van der Waals surface area contributed by atoms with E-state index in [9.17, 15) is 4.39 Å². The van der Waals surface area contributed by atoms with E-state index in [0.717, 1.165) is 17.1 Å². The second-order valence-corrected chi connectivity index (χ2v) is 3.92. The van der Waals surface area contributed by atoms with Crippen molar-refractivity contribution in [1.29, 1.82) is 0 Å². The van der Waals surface area contributed by atoms with E-state index in [-0.39, 0.29) is 5.82 Å². The van der Waals surface area contributed by atoms with Crippen LogP contribution >= 0.6 is 0 Å². The summed E-state index contributed by atoms with van der Waals surface area (Å²) in [4.78, 5) is 10.3. The summed E-state index contributed by atoms with van der Waals surface area (Å²) in [5.74, 6) is 0.681. The summed E-state index contributed by atoms with van der Waals surface area (Å²) >= 11 is 0. The van der Waals surface area contributed by atoms with Gasteiger partial charge in [-0.1, -0.05) is 12.1 Å². The molecule has 1 aliphatic heterocycles. The number of nitrogens with zero attached hydrogens (tertiary/aromatic N) is 3. The van der Waals surface area contributed by atoms with E-state index in [0.29, 0.717) is 13.2 Å². The molecule has 86 valence electrons. The van der Waals surface area contributed by atoms with Crippen molar-refractivity contribution in [3.63, 3.8) is 0 Å². The first-order valence-electron chi connectivity index (χ1n) is 5.36. The molecule has 0 amide bonds. The predicted octanol–water partition coefficient (Wildman–Crippen LogP) is 2.01. The van der Waals surface area contributed by atoms with Gasteiger partial charge >= 0.3 is 0 Å². The first kappa shape index (κ1) is 10.0. The molecule has 1 N–H and O–H groups in total. The van der Waals surface area contributed by atoms with Crippen LogP contribution in [0.25, 0.3) is 0 Å². The first-order valence-corrected chi connectivity index (χ1v) is 5.36. The van der Waals surface area contributed by atoms with Gasteiger partial charge in [0.15, 0.2) is 5.82 Å². The molecule has 2 aromatic rings. The number of fused-ring (bicyclic) bond motifs is 1. The van der Waals surface area contributed by atoms with Gasteiger partial charge in [0, 0.05) is 6.54 Å². The number of benzene rings is 1. The van der Waals surface area contributed by atoms with Crippen molar-refractivity contribution in [3.05, 3.63) is 48.2 Å². The predicted molar refractivity (Wildman–Crippen MR) is 63.1 cm³/mol. The number of nitrogens with one attached hydrogen (secondary N) is 1. The minimum atomic E-state index is -0.212. The Kier molecular flexibility index (Phi) is 2.36. The van der Waals surface area contributed by atoms with E-state index >= 15 is 0 Å². The Morgan fingerprint density at radius 2 is 2.12 bits per heavy atom. The third-order valence-electron chi connectivity index (χ3n) is 2.74. The van der Waals surface area contributed by atoms with Gasteiger partial charge in [0.2, 0.25) is 0 Å². The van der Waals surface area contributed by atoms with Crippen molar-refractivity contribution in [2.45, 2.75) is 6.54 Å². The number of hydrogen-bond donors (Lipinski definition) is 1. The van der Waals surface area contributed by atoms with Crippen molar-refractivity contribution in [1.82, 2.24) is 9.97 Å². The van der Waals surface area contributed by atoms with Crippen LogP contribution in [-0.4, -0.2) is 16.6 Å². The lowest BCUT2D eigenvalue weighted by molar-refractivity contribution is 0.626. The van der Waals surface area contributed by atoms with Gasteiger partial charge in [0.1, 0.15) is 12.1 Å². The van der Waals surface area contributed by atoms with Crippen LogP contribution in [0, 0.1) is 5.82 Å². The smallest absolute Gasteiger partial charge is 0.157 e. The average Bonchev–Trinajstić information content (AvgIpc) is 2.76. The van der Waals surface area contributed by atoms with Gasteiger partial charge in [-0.05, 0) is 17.7 Å². The zero-order valence-corrected chi connectivity index (χ0v) is 9.10. The Hall–Kier alpha value is -2.17. The zero-order valence-electron chi connectivity index (χ0n) is 9.10. The molecular weight excluding hydrogens is 219 g/mol. The van der Waals surface area contributed by atoms with E-state index in [1.165, 1.54) is 18.5 Å². The first-order chi connectivity index (χ1) is 8.33. The summed E-state index contributed by atoms with van der Waals surface area (Å²) in [6, 6.07) is 6.52. The third-order valence-corrected chi connectivity index (χ3v) is 2.74.